The molecule has 1 amide bonds. The summed E-state index contributed by atoms with van der Waals surface area (Å²) >= 11 is 0. The molecule has 0 aromatic heterocycles. The van der Waals surface area contributed by atoms with Crippen molar-refractivity contribution in [2.24, 2.45) is 0 Å². The average molecular weight is 302 g/mol. The quantitative estimate of drug-likeness (QED) is 0.763. The Kier molecular flexibility index (Phi) is 6.43. The van der Waals surface area contributed by atoms with Gasteiger partial charge in [-0.25, -0.2) is 9.52 Å². The van der Waals surface area contributed by atoms with Crippen LogP contribution in [0.3, 0.4) is 0 Å². The van der Waals surface area contributed by atoms with Crippen LogP contribution in [0.25, 0.3) is 0 Å². The number of carbonyl (C=O) groups is 1. The van der Waals surface area contributed by atoms with E-state index in [9.17, 15) is 13.2 Å². The number of nitrogens with zero attached hydrogens (tertiary/aromatic N) is 1. The Labute approximate surface area is 118 Å². The lowest BCUT2D eigenvalue weighted by atomic mass is 10.2. The Bertz CT molecular complexity index is 518. The molecule has 0 saturated carbocycles. The van der Waals surface area contributed by atoms with Crippen LogP contribution in [0.1, 0.15) is 12.5 Å². The molecular formula is C12H18N2O5S. The summed E-state index contributed by atoms with van der Waals surface area (Å²) in [6.07, 6.45) is -1.04. The number of aliphatic hydroxyl groups is 1. The fraction of sp³-hybridized carbons (Fsp3) is 0.417. The summed E-state index contributed by atoms with van der Waals surface area (Å²) in [6.45, 7) is 1.22. The van der Waals surface area contributed by atoms with Crippen LogP contribution in [0.2, 0.25) is 0 Å². The number of hydrogen-bond donors (Lipinski definition) is 2. The van der Waals surface area contributed by atoms with Crippen molar-refractivity contribution in [1.82, 2.24) is 9.03 Å². The third-order valence-corrected chi connectivity index (χ3v) is 3.79. The first-order chi connectivity index (χ1) is 9.49. The summed E-state index contributed by atoms with van der Waals surface area (Å²) in [6, 6.07) is 8.87. The molecule has 112 valence electrons. The molecule has 0 fully saturated rings. The lowest BCUT2D eigenvalue weighted by molar-refractivity contribution is 0.157. The second-order valence-electron chi connectivity index (χ2n) is 3.87. The highest BCUT2D eigenvalue weighted by Crippen LogP contribution is 2.08. The Balaban J connectivity index is 2.81. The number of rotatable bonds is 7. The van der Waals surface area contributed by atoms with E-state index in [1.807, 2.05) is 6.07 Å². The molecule has 7 nitrogen and oxygen atoms in total. The topological polar surface area (TPSA) is 95.9 Å². The maximum Gasteiger partial charge on any atom is 0.421 e. The third-order valence-electron chi connectivity index (χ3n) is 2.38. The molecule has 1 aromatic rings. The molecule has 0 unspecified atom stereocenters. The van der Waals surface area contributed by atoms with E-state index in [0.717, 1.165) is 9.87 Å². The van der Waals surface area contributed by atoms with E-state index in [-0.39, 0.29) is 26.3 Å². The smallest absolute Gasteiger partial charge is 0.421 e. The van der Waals surface area contributed by atoms with Crippen LogP contribution in [-0.2, 0) is 21.5 Å². The van der Waals surface area contributed by atoms with E-state index >= 15 is 0 Å². The van der Waals surface area contributed by atoms with Crippen LogP contribution in [0.15, 0.2) is 30.3 Å². The first kappa shape index (κ1) is 16.4. The number of carbonyl (C=O) groups excluding carboxylic acids is 1. The first-order valence-corrected chi connectivity index (χ1v) is 7.53. The van der Waals surface area contributed by atoms with Gasteiger partial charge < -0.3 is 9.84 Å². The molecule has 2 N–H and O–H groups in total. The maximum absolute atomic E-state index is 12.0. The van der Waals surface area contributed by atoms with E-state index in [4.69, 9.17) is 5.11 Å². The summed E-state index contributed by atoms with van der Waals surface area (Å²) in [5.74, 6) is 0. The maximum atomic E-state index is 12.0. The fourth-order valence-corrected chi connectivity index (χ4v) is 2.55. The third kappa shape index (κ3) is 5.16. The van der Waals surface area contributed by atoms with E-state index in [2.05, 4.69) is 4.74 Å². The summed E-state index contributed by atoms with van der Waals surface area (Å²) < 4.78 is 31.3. The van der Waals surface area contributed by atoms with Gasteiger partial charge in [-0.05, 0) is 12.5 Å². The van der Waals surface area contributed by atoms with Gasteiger partial charge in [0.25, 0.3) is 0 Å². The Morgan fingerprint density at radius 2 is 2.00 bits per heavy atom. The summed E-state index contributed by atoms with van der Waals surface area (Å²) in [5, 5.41) is 8.97. The minimum Gasteiger partial charge on any atom is -0.449 e. The Morgan fingerprint density at radius 3 is 2.55 bits per heavy atom. The number of aliphatic hydroxyl groups excluding tert-OH is 1. The van der Waals surface area contributed by atoms with Crippen molar-refractivity contribution >= 4 is 16.3 Å². The summed E-state index contributed by atoms with van der Waals surface area (Å²) in [4.78, 5) is 11.2. The van der Waals surface area contributed by atoms with Gasteiger partial charge in [0.05, 0.1) is 13.2 Å². The van der Waals surface area contributed by atoms with Crippen molar-refractivity contribution in [2.75, 3.05) is 19.8 Å². The average Bonchev–Trinajstić information content (AvgIpc) is 2.39. The molecule has 0 saturated heterocycles. The Hall–Kier alpha value is -1.64. The lowest BCUT2D eigenvalue weighted by Crippen LogP contribution is -2.44. The number of benzene rings is 1. The highest BCUT2D eigenvalue weighted by molar-refractivity contribution is 7.87. The van der Waals surface area contributed by atoms with Crippen LogP contribution in [0.5, 0.6) is 0 Å². The lowest BCUT2D eigenvalue weighted by Gasteiger charge is -2.21. The van der Waals surface area contributed by atoms with Gasteiger partial charge in [0, 0.05) is 13.1 Å². The zero-order valence-corrected chi connectivity index (χ0v) is 12.0. The van der Waals surface area contributed by atoms with E-state index < -0.39 is 16.3 Å². The van der Waals surface area contributed by atoms with Crippen molar-refractivity contribution in [2.45, 2.75) is 13.5 Å². The van der Waals surface area contributed by atoms with Crippen molar-refractivity contribution in [3.05, 3.63) is 35.9 Å². The normalized spacial score (nSPS) is 11.3. The van der Waals surface area contributed by atoms with E-state index in [1.54, 1.807) is 35.9 Å². The number of ether oxygens (including phenoxy) is 1. The van der Waals surface area contributed by atoms with Gasteiger partial charge in [-0.2, -0.15) is 12.7 Å². The minimum atomic E-state index is -4.06. The predicted octanol–water partition coefficient (Wildman–Crippen LogP) is 0.472. The SMILES string of the molecule is CCOC(=O)NS(=O)(=O)N(CCO)Cc1ccccc1. The molecule has 0 atom stereocenters. The number of nitrogens with one attached hydrogen (secondary N) is 1. The monoisotopic (exact) mass is 302 g/mol. The standard InChI is InChI=1S/C12H18N2O5S/c1-2-19-12(16)13-20(17,18)14(8-9-15)10-11-6-4-3-5-7-11/h3-7,15H,2,8-10H2,1H3,(H,13,16). The van der Waals surface area contributed by atoms with Crippen molar-refractivity contribution in [3.63, 3.8) is 0 Å². The summed E-state index contributed by atoms with van der Waals surface area (Å²) in [5.41, 5.74) is 0.746. The predicted molar refractivity (Wildman–Crippen MR) is 73.0 cm³/mol. The van der Waals surface area contributed by atoms with Crippen LogP contribution in [0.4, 0.5) is 4.79 Å². The minimum absolute atomic E-state index is 0.0517. The van der Waals surface area contributed by atoms with Gasteiger partial charge in [-0.3, -0.25) is 0 Å². The Morgan fingerprint density at radius 1 is 1.35 bits per heavy atom. The highest BCUT2D eigenvalue weighted by atomic mass is 32.2. The molecule has 0 radical (unpaired) electrons. The number of amides is 1. The second kappa shape index (κ2) is 7.83. The van der Waals surface area contributed by atoms with Gasteiger partial charge in [-0.1, -0.05) is 30.3 Å². The molecule has 20 heavy (non-hydrogen) atoms. The van der Waals surface area contributed by atoms with Gasteiger partial charge in [-0.15, -0.1) is 0 Å². The van der Waals surface area contributed by atoms with Gasteiger partial charge >= 0.3 is 16.3 Å². The van der Waals surface area contributed by atoms with Crippen molar-refractivity contribution in [3.8, 4) is 0 Å². The van der Waals surface area contributed by atoms with Gasteiger partial charge in [0.1, 0.15) is 0 Å². The number of hydrogen-bond acceptors (Lipinski definition) is 5. The van der Waals surface area contributed by atoms with Gasteiger partial charge in [0.2, 0.25) is 0 Å². The highest BCUT2D eigenvalue weighted by Gasteiger charge is 2.24. The summed E-state index contributed by atoms with van der Waals surface area (Å²) in [7, 11) is -4.06. The molecule has 8 heteroatoms. The molecule has 0 aliphatic heterocycles. The molecule has 0 aliphatic carbocycles. The molecule has 0 heterocycles. The molecule has 1 rings (SSSR count). The van der Waals surface area contributed by atoms with Crippen LogP contribution < -0.4 is 4.72 Å². The van der Waals surface area contributed by atoms with Crippen molar-refractivity contribution in [1.29, 1.82) is 0 Å². The first-order valence-electron chi connectivity index (χ1n) is 6.09. The zero-order valence-electron chi connectivity index (χ0n) is 11.2. The van der Waals surface area contributed by atoms with E-state index in [0.29, 0.717) is 0 Å². The van der Waals surface area contributed by atoms with Crippen molar-refractivity contribution < 1.29 is 23.1 Å². The molecule has 0 bridgehead atoms. The van der Waals surface area contributed by atoms with Crippen LogP contribution in [-0.4, -0.2) is 43.7 Å². The van der Waals surface area contributed by atoms with Crippen LogP contribution in [0, 0.1) is 0 Å². The molecular weight excluding hydrogens is 284 g/mol. The molecule has 0 aliphatic rings. The van der Waals surface area contributed by atoms with E-state index in [1.165, 1.54) is 0 Å². The fourth-order valence-electron chi connectivity index (χ4n) is 1.51. The largest absolute Gasteiger partial charge is 0.449 e. The van der Waals surface area contributed by atoms with Crippen LogP contribution >= 0.6 is 0 Å². The zero-order chi connectivity index (χ0) is 15.0. The van der Waals surface area contributed by atoms with Gasteiger partial charge in [0.15, 0.2) is 0 Å². The molecule has 1 aromatic carbocycles. The second-order valence-corrected chi connectivity index (χ2v) is 5.54. The molecule has 0 spiro atoms.